The number of imidazole rings is 1. The predicted octanol–water partition coefficient (Wildman–Crippen LogP) is -3.20. The van der Waals surface area contributed by atoms with Crippen LogP contribution in [0.4, 0.5) is 0 Å². The molecule has 0 saturated carbocycles. The first-order chi connectivity index (χ1) is 6.50. The molecule has 2 rings (SSSR count). The second-order valence-corrected chi connectivity index (χ2v) is 4.04. The molecule has 10 heteroatoms. The molecule has 0 bridgehead atoms. The number of nitrogens with one attached hydrogen (secondary N) is 1. The fraction of sp³-hybridized carbons (Fsp3) is 0. The van der Waals surface area contributed by atoms with E-state index in [1.165, 1.54) is 6.33 Å². The molecular formula is C5H3N4NaO3S2. The van der Waals surface area contributed by atoms with Gasteiger partial charge in [0.05, 0.1) is 6.33 Å². The van der Waals surface area contributed by atoms with Gasteiger partial charge in [0.2, 0.25) is 0 Å². The van der Waals surface area contributed by atoms with Crippen molar-refractivity contribution in [1.82, 2.24) is 18.9 Å². The molecule has 2 heterocycles. The van der Waals surface area contributed by atoms with Gasteiger partial charge in [0.15, 0.2) is 20.6 Å². The second kappa shape index (κ2) is 4.28. The summed E-state index contributed by atoms with van der Waals surface area (Å²) in [6, 6.07) is 0. The van der Waals surface area contributed by atoms with E-state index in [1.54, 1.807) is 0 Å². The standard InChI is InChI=1S/C5H4N4O3S2.Na/c10-14(11,12)9-2-8-3-4(9)6-1-7-5(3)13;/h1-2H,(H,6,7,13)(H,10,11,12);/q;+1/p-1. The minimum atomic E-state index is -4.60. The van der Waals surface area contributed by atoms with Crippen LogP contribution in [0.5, 0.6) is 0 Å². The monoisotopic (exact) mass is 254 g/mol. The smallest absolute Gasteiger partial charge is 0.730 e. The molecule has 15 heavy (non-hydrogen) atoms. The molecule has 0 unspecified atom stereocenters. The fourth-order valence-corrected chi connectivity index (χ4v) is 1.73. The number of rotatable bonds is 1. The van der Waals surface area contributed by atoms with Crippen molar-refractivity contribution in [3.63, 3.8) is 0 Å². The number of aromatic amines is 1. The summed E-state index contributed by atoms with van der Waals surface area (Å²) in [6.07, 6.45) is 2.09. The second-order valence-electron chi connectivity index (χ2n) is 2.40. The molecular weight excluding hydrogens is 251 g/mol. The summed E-state index contributed by atoms with van der Waals surface area (Å²) >= 11 is 4.79. The molecule has 0 radical (unpaired) electrons. The number of H-pyrrole nitrogens is 1. The Balaban J connectivity index is 0.00000112. The van der Waals surface area contributed by atoms with Crippen LogP contribution in [0.3, 0.4) is 0 Å². The maximum absolute atomic E-state index is 10.7. The van der Waals surface area contributed by atoms with Crippen LogP contribution in [0.1, 0.15) is 0 Å². The van der Waals surface area contributed by atoms with Gasteiger partial charge in [-0.05, 0) is 0 Å². The van der Waals surface area contributed by atoms with Gasteiger partial charge in [-0.1, -0.05) is 12.2 Å². The molecule has 0 amide bonds. The van der Waals surface area contributed by atoms with Crippen molar-refractivity contribution >= 4 is 33.7 Å². The number of hydrogen-bond donors (Lipinski definition) is 1. The molecule has 2 aromatic heterocycles. The van der Waals surface area contributed by atoms with Crippen molar-refractivity contribution in [3.8, 4) is 0 Å². The first-order valence-corrected chi connectivity index (χ1v) is 5.14. The van der Waals surface area contributed by atoms with E-state index in [1.807, 2.05) is 0 Å². The predicted molar refractivity (Wildman–Crippen MR) is 47.8 cm³/mol. The minimum Gasteiger partial charge on any atom is -0.730 e. The maximum Gasteiger partial charge on any atom is 1.00 e. The third-order valence-electron chi connectivity index (χ3n) is 1.56. The number of hydrogen-bond acceptors (Lipinski definition) is 6. The van der Waals surface area contributed by atoms with Gasteiger partial charge < -0.3 is 9.54 Å². The number of fused-ring (bicyclic) bond motifs is 1. The zero-order valence-electron chi connectivity index (χ0n) is 7.54. The largest absolute Gasteiger partial charge is 1.00 e. The molecule has 0 spiro atoms. The zero-order valence-corrected chi connectivity index (χ0v) is 11.2. The van der Waals surface area contributed by atoms with Gasteiger partial charge in [-0.3, -0.25) is 0 Å². The molecule has 0 aliphatic carbocycles. The van der Waals surface area contributed by atoms with Gasteiger partial charge in [0.1, 0.15) is 11.8 Å². The summed E-state index contributed by atoms with van der Waals surface area (Å²) in [5.41, 5.74) is 0.210. The summed E-state index contributed by atoms with van der Waals surface area (Å²) in [6.45, 7) is 0. The molecule has 0 aliphatic heterocycles. The van der Waals surface area contributed by atoms with E-state index in [9.17, 15) is 13.0 Å². The van der Waals surface area contributed by atoms with Gasteiger partial charge in [-0.2, -0.15) is 0 Å². The Morgan fingerprint density at radius 2 is 2.13 bits per heavy atom. The molecule has 0 saturated heterocycles. The third kappa shape index (κ3) is 2.27. The van der Waals surface area contributed by atoms with Crippen molar-refractivity contribution in [2.24, 2.45) is 0 Å². The first-order valence-electron chi connectivity index (χ1n) is 3.37. The maximum atomic E-state index is 10.7. The van der Waals surface area contributed by atoms with E-state index in [-0.39, 0.29) is 45.4 Å². The Morgan fingerprint density at radius 3 is 2.73 bits per heavy atom. The fourth-order valence-electron chi connectivity index (χ4n) is 1.00. The van der Waals surface area contributed by atoms with Gasteiger partial charge in [-0.25, -0.2) is 22.4 Å². The molecule has 2 aromatic rings. The van der Waals surface area contributed by atoms with Crippen LogP contribution in [0.25, 0.3) is 11.2 Å². The Kier molecular flexibility index (Phi) is 3.63. The average molecular weight is 254 g/mol. The van der Waals surface area contributed by atoms with Crippen molar-refractivity contribution in [1.29, 1.82) is 0 Å². The van der Waals surface area contributed by atoms with Crippen LogP contribution in [-0.2, 0) is 10.3 Å². The summed E-state index contributed by atoms with van der Waals surface area (Å²) in [5, 5.41) is 0. The van der Waals surface area contributed by atoms with Crippen molar-refractivity contribution < 1.29 is 42.5 Å². The van der Waals surface area contributed by atoms with Crippen molar-refractivity contribution in [2.75, 3.05) is 0 Å². The van der Waals surface area contributed by atoms with Gasteiger partial charge in [0.25, 0.3) is 0 Å². The van der Waals surface area contributed by atoms with Gasteiger partial charge in [0, 0.05) is 0 Å². The Bertz CT molecular complexity index is 646. The van der Waals surface area contributed by atoms with Crippen LogP contribution in [0.15, 0.2) is 12.7 Å². The van der Waals surface area contributed by atoms with E-state index in [0.717, 1.165) is 6.33 Å². The van der Waals surface area contributed by atoms with Gasteiger partial charge >= 0.3 is 29.6 Å². The average Bonchev–Trinajstić information content (AvgIpc) is 2.47. The van der Waals surface area contributed by atoms with Crippen LogP contribution in [0.2, 0.25) is 0 Å². The van der Waals surface area contributed by atoms with Crippen LogP contribution in [-0.4, -0.2) is 31.9 Å². The number of nitrogens with zero attached hydrogens (tertiary/aromatic N) is 3. The van der Waals surface area contributed by atoms with Crippen LogP contribution < -0.4 is 29.6 Å². The van der Waals surface area contributed by atoms with Gasteiger partial charge in [-0.15, -0.1) is 0 Å². The molecule has 74 valence electrons. The summed E-state index contributed by atoms with van der Waals surface area (Å²) in [7, 11) is -4.60. The van der Waals surface area contributed by atoms with E-state index in [0.29, 0.717) is 3.97 Å². The Morgan fingerprint density at radius 1 is 1.47 bits per heavy atom. The van der Waals surface area contributed by atoms with Crippen molar-refractivity contribution in [2.45, 2.75) is 0 Å². The van der Waals surface area contributed by atoms with Crippen molar-refractivity contribution in [3.05, 3.63) is 17.3 Å². The Labute approximate surface area is 112 Å². The topological polar surface area (TPSA) is 104 Å². The molecule has 0 fully saturated rings. The third-order valence-corrected chi connectivity index (χ3v) is 2.62. The minimum absolute atomic E-state index is 0. The Hall–Kier alpha value is -0.320. The van der Waals surface area contributed by atoms with Crippen LogP contribution >= 0.6 is 12.2 Å². The quantitative estimate of drug-likeness (QED) is 0.326. The molecule has 0 aliphatic rings. The normalized spacial score (nSPS) is 11.3. The molecule has 0 aromatic carbocycles. The van der Waals surface area contributed by atoms with E-state index < -0.39 is 10.3 Å². The SMILES string of the molecule is O=S(=O)([O-])n1cnc2c(=S)nc[nH]c21.[Na+]. The molecule has 1 N–H and O–H groups in total. The van der Waals surface area contributed by atoms with E-state index in [4.69, 9.17) is 12.2 Å². The molecule has 7 nitrogen and oxygen atoms in total. The van der Waals surface area contributed by atoms with E-state index in [2.05, 4.69) is 15.0 Å². The zero-order chi connectivity index (χ0) is 10.3. The first kappa shape index (κ1) is 12.7. The molecule has 0 atom stereocenters. The van der Waals surface area contributed by atoms with Crippen LogP contribution in [0, 0.1) is 4.64 Å². The summed E-state index contributed by atoms with van der Waals surface area (Å²) in [5.74, 6) is 0. The summed E-state index contributed by atoms with van der Waals surface area (Å²) < 4.78 is 32.7. The summed E-state index contributed by atoms with van der Waals surface area (Å²) in [4.78, 5) is 9.85. The number of aromatic nitrogens is 4. The van der Waals surface area contributed by atoms with E-state index >= 15 is 0 Å².